The maximum absolute atomic E-state index is 5.86. The molecule has 19 heavy (non-hydrogen) atoms. The summed E-state index contributed by atoms with van der Waals surface area (Å²) in [7, 11) is 0. The highest BCUT2D eigenvalue weighted by molar-refractivity contribution is 9.09. The summed E-state index contributed by atoms with van der Waals surface area (Å²) in [6, 6.07) is 6.97. The Bertz CT molecular complexity index is 416. The van der Waals surface area contributed by atoms with E-state index in [1.165, 1.54) is 23.1 Å². The minimum Gasteiger partial charge on any atom is -0.378 e. The summed E-state index contributed by atoms with van der Waals surface area (Å²) in [5.74, 6) is 0.613. The molecule has 1 fully saturated rings. The number of aryl methyl sites for hydroxylation is 2. The molecule has 0 radical (unpaired) electrons. The minimum atomic E-state index is 0.416. The minimum absolute atomic E-state index is 0.416. The van der Waals surface area contributed by atoms with Crippen molar-refractivity contribution in [3.63, 3.8) is 0 Å². The SMILES string of the molecule is CCc1ccc(CC)c(C(Br)C2CCOC2CC)c1. The molecule has 0 spiro atoms. The number of benzene rings is 1. The number of hydrogen-bond acceptors (Lipinski definition) is 1. The second-order valence-electron chi connectivity index (χ2n) is 5.41. The van der Waals surface area contributed by atoms with E-state index in [1.807, 2.05) is 0 Å². The quantitative estimate of drug-likeness (QED) is 0.687. The van der Waals surface area contributed by atoms with Crippen molar-refractivity contribution < 1.29 is 4.74 Å². The van der Waals surface area contributed by atoms with Crippen molar-refractivity contribution in [1.82, 2.24) is 0 Å². The van der Waals surface area contributed by atoms with E-state index in [1.54, 1.807) is 0 Å². The van der Waals surface area contributed by atoms with E-state index in [0.717, 1.165) is 25.9 Å². The Morgan fingerprint density at radius 1 is 1.26 bits per heavy atom. The summed E-state index contributed by atoms with van der Waals surface area (Å²) in [6.07, 6.45) is 4.91. The van der Waals surface area contributed by atoms with Gasteiger partial charge in [-0.3, -0.25) is 0 Å². The van der Waals surface area contributed by atoms with E-state index in [2.05, 4.69) is 54.9 Å². The molecule has 3 atom stereocenters. The fourth-order valence-electron chi connectivity index (χ4n) is 3.09. The Hall–Kier alpha value is -0.340. The third-order valence-electron chi connectivity index (χ3n) is 4.34. The second-order valence-corrected chi connectivity index (χ2v) is 6.40. The van der Waals surface area contributed by atoms with Crippen LogP contribution in [0.5, 0.6) is 0 Å². The molecule has 0 saturated carbocycles. The fraction of sp³-hybridized carbons (Fsp3) is 0.647. The van der Waals surface area contributed by atoms with Gasteiger partial charge in [0.25, 0.3) is 0 Å². The van der Waals surface area contributed by atoms with E-state index >= 15 is 0 Å². The van der Waals surface area contributed by atoms with Crippen LogP contribution in [0.15, 0.2) is 18.2 Å². The van der Waals surface area contributed by atoms with Crippen LogP contribution in [-0.2, 0) is 17.6 Å². The first-order chi connectivity index (χ1) is 9.21. The van der Waals surface area contributed by atoms with Crippen LogP contribution in [-0.4, -0.2) is 12.7 Å². The molecule has 1 heterocycles. The first-order valence-corrected chi connectivity index (χ1v) is 8.50. The van der Waals surface area contributed by atoms with Gasteiger partial charge in [0.05, 0.1) is 6.10 Å². The Kier molecular flexibility index (Phi) is 5.47. The van der Waals surface area contributed by atoms with Crippen LogP contribution in [0.25, 0.3) is 0 Å². The Morgan fingerprint density at radius 3 is 2.68 bits per heavy atom. The van der Waals surface area contributed by atoms with Crippen molar-refractivity contribution in [2.24, 2.45) is 5.92 Å². The first-order valence-electron chi connectivity index (χ1n) is 7.58. The van der Waals surface area contributed by atoms with Crippen LogP contribution in [0.3, 0.4) is 0 Å². The monoisotopic (exact) mass is 324 g/mol. The van der Waals surface area contributed by atoms with Crippen LogP contribution in [0.1, 0.15) is 55.1 Å². The van der Waals surface area contributed by atoms with Crippen LogP contribution >= 0.6 is 15.9 Å². The molecular formula is C17H25BrO. The van der Waals surface area contributed by atoms with E-state index in [9.17, 15) is 0 Å². The van der Waals surface area contributed by atoms with Crippen LogP contribution in [0.4, 0.5) is 0 Å². The molecule has 106 valence electrons. The van der Waals surface area contributed by atoms with Gasteiger partial charge >= 0.3 is 0 Å². The van der Waals surface area contributed by atoms with Gasteiger partial charge < -0.3 is 4.74 Å². The highest BCUT2D eigenvalue weighted by Gasteiger charge is 2.33. The van der Waals surface area contributed by atoms with Gasteiger partial charge in [0, 0.05) is 17.4 Å². The molecule has 0 N–H and O–H groups in total. The number of ether oxygens (including phenoxy) is 1. The summed E-state index contributed by atoms with van der Waals surface area (Å²) >= 11 is 3.97. The number of hydrogen-bond donors (Lipinski definition) is 0. The molecule has 2 heteroatoms. The third kappa shape index (κ3) is 3.22. The molecule has 3 unspecified atom stereocenters. The Labute approximate surface area is 125 Å². The van der Waals surface area contributed by atoms with Gasteiger partial charge in [0.1, 0.15) is 0 Å². The fourth-order valence-corrected chi connectivity index (χ4v) is 4.12. The highest BCUT2D eigenvalue weighted by Crippen LogP contribution is 2.42. The zero-order valence-electron chi connectivity index (χ0n) is 12.3. The molecule has 0 amide bonds. The molecule has 0 bridgehead atoms. The second kappa shape index (κ2) is 6.90. The largest absolute Gasteiger partial charge is 0.378 e. The summed E-state index contributed by atoms with van der Waals surface area (Å²) in [4.78, 5) is 0.432. The van der Waals surface area contributed by atoms with Crippen molar-refractivity contribution in [2.45, 2.75) is 57.4 Å². The average molecular weight is 325 g/mol. The molecule has 2 rings (SSSR count). The number of alkyl halides is 1. The van der Waals surface area contributed by atoms with Crippen molar-refractivity contribution in [1.29, 1.82) is 0 Å². The Morgan fingerprint density at radius 2 is 2.05 bits per heavy atom. The van der Waals surface area contributed by atoms with Crippen LogP contribution in [0, 0.1) is 5.92 Å². The Balaban J connectivity index is 2.28. The van der Waals surface area contributed by atoms with Gasteiger partial charge in [0.15, 0.2) is 0 Å². The molecule has 1 aliphatic rings. The zero-order valence-corrected chi connectivity index (χ0v) is 13.9. The topological polar surface area (TPSA) is 9.23 Å². The predicted molar refractivity (Wildman–Crippen MR) is 85.0 cm³/mol. The van der Waals surface area contributed by atoms with Crippen molar-refractivity contribution in [3.8, 4) is 0 Å². The summed E-state index contributed by atoms with van der Waals surface area (Å²) in [5, 5.41) is 0. The molecule has 1 saturated heterocycles. The normalized spacial score (nSPS) is 24.6. The van der Waals surface area contributed by atoms with Gasteiger partial charge in [-0.15, -0.1) is 0 Å². The van der Waals surface area contributed by atoms with Gasteiger partial charge in [0.2, 0.25) is 0 Å². The van der Waals surface area contributed by atoms with E-state index in [0.29, 0.717) is 16.8 Å². The lowest BCUT2D eigenvalue weighted by atomic mass is 9.88. The smallest absolute Gasteiger partial charge is 0.0615 e. The number of halogens is 1. The molecule has 1 aromatic carbocycles. The van der Waals surface area contributed by atoms with E-state index < -0.39 is 0 Å². The average Bonchev–Trinajstić information content (AvgIpc) is 2.94. The van der Waals surface area contributed by atoms with Crippen molar-refractivity contribution in [2.75, 3.05) is 6.61 Å². The lowest BCUT2D eigenvalue weighted by Crippen LogP contribution is -2.19. The molecule has 1 nitrogen and oxygen atoms in total. The summed E-state index contributed by atoms with van der Waals surface area (Å²) in [6.45, 7) is 7.61. The maximum Gasteiger partial charge on any atom is 0.0615 e. The summed E-state index contributed by atoms with van der Waals surface area (Å²) in [5.41, 5.74) is 4.39. The summed E-state index contributed by atoms with van der Waals surface area (Å²) < 4.78 is 5.86. The van der Waals surface area contributed by atoms with Gasteiger partial charge in [-0.25, -0.2) is 0 Å². The predicted octanol–water partition coefficient (Wildman–Crippen LogP) is 5.06. The molecule has 0 aliphatic carbocycles. The van der Waals surface area contributed by atoms with Crippen molar-refractivity contribution in [3.05, 3.63) is 34.9 Å². The molecule has 1 aromatic rings. The lowest BCUT2D eigenvalue weighted by molar-refractivity contribution is 0.0872. The first kappa shape index (κ1) is 15.1. The van der Waals surface area contributed by atoms with E-state index in [-0.39, 0.29) is 0 Å². The lowest BCUT2D eigenvalue weighted by Gasteiger charge is -2.25. The number of rotatable bonds is 5. The van der Waals surface area contributed by atoms with Gasteiger partial charge in [-0.1, -0.05) is 54.9 Å². The van der Waals surface area contributed by atoms with Gasteiger partial charge in [-0.05, 0) is 42.4 Å². The molecule has 1 aliphatic heterocycles. The van der Waals surface area contributed by atoms with Crippen molar-refractivity contribution >= 4 is 15.9 Å². The molecular weight excluding hydrogens is 300 g/mol. The third-order valence-corrected chi connectivity index (χ3v) is 5.51. The van der Waals surface area contributed by atoms with Gasteiger partial charge in [-0.2, -0.15) is 0 Å². The van der Waals surface area contributed by atoms with Crippen LogP contribution < -0.4 is 0 Å². The molecule has 0 aromatic heterocycles. The standard InChI is InChI=1S/C17H25BrO/c1-4-12-7-8-13(5-2)15(11-12)17(18)14-9-10-19-16(14)6-3/h7-8,11,14,16-17H,4-6,9-10H2,1-3H3. The van der Waals surface area contributed by atoms with E-state index in [4.69, 9.17) is 4.74 Å². The highest BCUT2D eigenvalue weighted by atomic mass is 79.9. The maximum atomic E-state index is 5.86. The van der Waals surface area contributed by atoms with Crippen LogP contribution in [0.2, 0.25) is 0 Å². The zero-order chi connectivity index (χ0) is 13.8.